The standard InChI is InChI=1S/C12H23B3O4/c1-9(4-5-18-13)6-12(15(3)17)11(8-19-14)7-10(2)16/h9,11-12,17H,4-8H2,1-3H3. The number of carbonyl (C=O) groups is 1. The summed E-state index contributed by atoms with van der Waals surface area (Å²) in [4.78, 5) is 11.3. The molecule has 0 aromatic rings. The smallest absolute Gasteiger partial charge is 0.289 e. The third-order valence-corrected chi connectivity index (χ3v) is 3.49. The van der Waals surface area contributed by atoms with Crippen LogP contribution in [0.4, 0.5) is 0 Å². The Kier molecular flexibility index (Phi) is 10.4. The predicted octanol–water partition coefficient (Wildman–Crippen LogP) is 1.18. The molecule has 0 aromatic carbocycles. The third-order valence-electron chi connectivity index (χ3n) is 3.49. The molecule has 0 aliphatic carbocycles. The lowest BCUT2D eigenvalue weighted by atomic mass is 9.51. The van der Waals surface area contributed by atoms with Crippen LogP contribution in [0.3, 0.4) is 0 Å². The molecule has 104 valence electrons. The lowest BCUT2D eigenvalue weighted by molar-refractivity contribution is -0.118. The van der Waals surface area contributed by atoms with Crippen LogP contribution in [0.1, 0.15) is 33.1 Å². The minimum atomic E-state index is -0.513. The van der Waals surface area contributed by atoms with Crippen LogP contribution in [-0.2, 0) is 14.1 Å². The zero-order valence-corrected chi connectivity index (χ0v) is 12.2. The fourth-order valence-corrected chi connectivity index (χ4v) is 2.46. The maximum Gasteiger partial charge on any atom is 0.289 e. The van der Waals surface area contributed by atoms with Gasteiger partial charge in [-0.1, -0.05) is 20.2 Å². The molecule has 4 nitrogen and oxygen atoms in total. The second kappa shape index (κ2) is 10.5. The Hall–Kier alpha value is -0.255. The molecule has 3 unspecified atom stereocenters. The van der Waals surface area contributed by atoms with Gasteiger partial charge in [0.05, 0.1) is 0 Å². The van der Waals surface area contributed by atoms with Gasteiger partial charge in [-0.2, -0.15) is 0 Å². The first-order valence-electron chi connectivity index (χ1n) is 6.73. The van der Waals surface area contributed by atoms with E-state index >= 15 is 0 Å². The fraction of sp³-hybridized carbons (Fsp3) is 0.917. The monoisotopic (exact) mass is 264 g/mol. The maximum absolute atomic E-state index is 11.3. The molecular formula is C12H23B3O4. The van der Waals surface area contributed by atoms with Crippen LogP contribution in [0.15, 0.2) is 0 Å². The highest BCUT2D eigenvalue weighted by atomic mass is 16.4. The van der Waals surface area contributed by atoms with Crippen molar-refractivity contribution in [2.75, 3.05) is 13.2 Å². The van der Waals surface area contributed by atoms with Crippen LogP contribution < -0.4 is 0 Å². The van der Waals surface area contributed by atoms with Gasteiger partial charge in [0.1, 0.15) is 5.78 Å². The van der Waals surface area contributed by atoms with Gasteiger partial charge in [0.25, 0.3) is 23.0 Å². The molecule has 0 aromatic heterocycles. The minimum Gasteiger partial charge on any atom is -0.450 e. The quantitative estimate of drug-likeness (QED) is 0.569. The number of Topliss-reactive ketones (excluding diaryl/α,β-unsaturated/α-hetero) is 1. The van der Waals surface area contributed by atoms with Crippen molar-refractivity contribution in [3.05, 3.63) is 0 Å². The van der Waals surface area contributed by atoms with E-state index < -0.39 is 6.92 Å². The first kappa shape index (κ1) is 18.7. The van der Waals surface area contributed by atoms with Crippen LogP contribution in [-0.4, -0.2) is 47.0 Å². The number of hydrogen-bond acceptors (Lipinski definition) is 4. The highest BCUT2D eigenvalue weighted by molar-refractivity contribution is 6.50. The zero-order valence-electron chi connectivity index (χ0n) is 12.2. The molecule has 0 bridgehead atoms. The van der Waals surface area contributed by atoms with Crippen molar-refractivity contribution in [2.45, 2.75) is 45.8 Å². The zero-order chi connectivity index (χ0) is 14.8. The fourth-order valence-electron chi connectivity index (χ4n) is 2.46. The molecule has 4 radical (unpaired) electrons. The van der Waals surface area contributed by atoms with Crippen LogP contribution >= 0.6 is 0 Å². The normalized spacial score (nSPS) is 15.8. The second-order valence-corrected chi connectivity index (χ2v) is 5.40. The Labute approximate surface area is 119 Å². The van der Waals surface area contributed by atoms with Crippen LogP contribution in [0.5, 0.6) is 0 Å². The summed E-state index contributed by atoms with van der Waals surface area (Å²) in [5.74, 6) is 0.324. The Morgan fingerprint density at radius 1 is 1.37 bits per heavy atom. The first-order chi connectivity index (χ1) is 8.92. The van der Waals surface area contributed by atoms with Crippen molar-refractivity contribution < 1.29 is 19.1 Å². The van der Waals surface area contributed by atoms with Gasteiger partial charge in [0.15, 0.2) is 0 Å². The summed E-state index contributed by atoms with van der Waals surface area (Å²) in [6, 6.07) is 0. The molecule has 0 spiro atoms. The molecule has 3 atom stereocenters. The van der Waals surface area contributed by atoms with E-state index in [9.17, 15) is 9.82 Å². The topological polar surface area (TPSA) is 55.8 Å². The van der Waals surface area contributed by atoms with E-state index in [0.717, 1.165) is 12.8 Å². The van der Waals surface area contributed by atoms with Crippen molar-refractivity contribution in [3.8, 4) is 0 Å². The molecule has 0 saturated heterocycles. The van der Waals surface area contributed by atoms with E-state index in [1.165, 1.54) is 6.92 Å². The van der Waals surface area contributed by atoms with Gasteiger partial charge in [-0.3, -0.25) is 0 Å². The van der Waals surface area contributed by atoms with Crippen LogP contribution in [0.25, 0.3) is 0 Å². The van der Waals surface area contributed by atoms with Gasteiger partial charge in [-0.15, -0.1) is 0 Å². The molecule has 0 rings (SSSR count). The Balaban J connectivity index is 4.59. The predicted molar refractivity (Wildman–Crippen MR) is 78.2 cm³/mol. The Morgan fingerprint density at radius 2 is 2.00 bits per heavy atom. The van der Waals surface area contributed by atoms with Gasteiger partial charge < -0.3 is 19.1 Å². The molecule has 19 heavy (non-hydrogen) atoms. The summed E-state index contributed by atoms with van der Waals surface area (Å²) in [7, 11) is 10.1. The van der Waals surface area contributed by atoms with Gasteiger partial charge in [-0.05, 0) is 31.0 Å². The van der Waals surface area contributed by atoms with Crippen molar-refractivity contribution in [2.24, 2.45) is 11.8 Å². The summed E-state index contributed by atoms with van der Waals surface area (Å²) < 4.78 is 9.26. The average Bonchev–Trinajstić information content (AvgIpc) is 2.32. The lowest BCUT2D eigenvalue weighted by Crippen LogP contribution is -2.30. The minimum absolute atomic E-state index is 0.0276. The lowest BCUT2D eigenvalue weighted by Gasteiger charge is -2.29. The molecule has 0 saturated carbocycles. The van der Waals surface area contributed by atoms with Crippen LogP contribution in [0, 0.1) is 11.8 Å². The van der Waals surface area contributed by atoms with Gasteiger partial charge in [-0.25, -0.2) is 0 Å². The van der Waals surface area contributed by atoms with Crippen molar-refractivity contribution in [3.63, 3.8) is 0 Å². The largest absolute Gasteiger partial charge is 0.450 e. The highest BCUT2D eigenvalue weighted by Gasteiger charge is 2.30. The molecule has 1 N–H and O–H groups in total. The maximum atomic E-state index is 11.3. The van der Waals surface area contributed by atoms with Crippen molar-refractivity contribution >= 4 is 28.8 Å². The number of rotatable bonds is 11. The van der Waals surface area contributed by atoms with E-state index in [-0.39, 0.29) is 24.1 Å². The second-order valence-electron chi connectivity index (χ2n) is 5.40. The van der Waals surface area contributed by atoms with E-state index in [1.54, 1.807) is 6.82 Å². The number of hydrogen-bond donors (Lipinski definition) is 1. The highest BCUT2D eigenvalue weighted by Crippen LogP contribution is 2.32. The Morgan fingerprint density at radius 3 is 2.42 bits per heavy atom. The van der Waals surface area contributed by atoms with Crippen molar-refractivity contribution in [1.82, 2.24) is 0 Å². The van der Waals surface area contributed by atoms with E-state index in [2.05, 4.69) is 11.6 Å². The summed E-state index contributed by atoms with van der Waals surface area (Å²) in [5, 5.41) is 9.93. The number of carbonyl (C=O) groups excluding carboxylic acids is 1. The summed E-state index contributed by atoms with van der Waals surface area (Å²) in [6.45, 7) is 5.59. The van der Waals surface area contributed by atoms with E-state index in [1.807, 2.05) is 0 Å². The molecule has 0 amide bonds. The molecule has 0 aliphatic rings. The molecule has 0 heterocycles. The average molecular weight is 264 g/mol. The Bertz CT molecular complexity index is 251. The number of ketones is 1. The summed E-state index contributed by atoms with van der Waals surface area (Å²) in [6.07, 6.45) is 1.96. The van der Waals surface area contributed by atoms with Gasteiger partial charge in [0.2, 0.25) is 0 Å². The van der Waals surface area contributed by atoms with Gasteiger partial charge >= 0.3 is 0 Å². The third kappa shape index (κ3) is 8.50. The van der Waals surface area contributed by atoms with E-state index in [4.69, 9.17) is 20.8 Å². The SMILES string of the molecule is [B]OCCC(C)CC(B(C)O)C(CO[B])CC(C)=O. The summed E-state index contributed by atoms with van der Waals surface area (Å²) in [5.41, 5.74) is 0. The molecule has 0 fully saturated rings. The molecule has 0 aliphatic heterocycles. The molecular weight excluding hydrogens is 241 g/mol. The first-order valence-corrected chi connectivity index (χ1v) is 6.73. The molecule has 7 heteroatoms. The van der Waals surface area contributed by atoms with Gasteiger partial charge in [0, 0.05) is 19.6 Å². The van der Waals surface area contributed by atoms with Crippen molar-refractivity contribution in [1.29, 1.82) is 0 Å². The van der Waals surface area contributed by atoms with Crippen LogP contribution in [0.2, 0.25) is 12.6 Å². The summed E-state index contributed by atoms with van der Waals surface area (Å²) >= 11 is 0. The van der Waals surface area contributed by atoms with E-state index in [0.29, 0.717) is 18.9 Å².